The summed E-state index contributed by atoms with van der Waals surface area (Å²) >= 11 is 1.60. The van der Waals surface area contributed by atoms with E-state index in [9.17, 15) is 9.59 Å². The highest BCUT2D eigenvalue weighted by Crippen LogP contribution is 2.46. The van der Waals surface area contributed by atoms with E-state index < -0.39 is 0 Å². The molecule has 4 rings (SSSR count). The zero-order valence-corrected chi connectivity index (χ0v) is 16.5. The van der Waals surface area contributed by atoms with Crippen molar-refractivity contribution in [1.29, 1.82) is 0 Å². The number of carbonyl (C=O) groups excluding carboxylic acids is 2. The maximum atomic E-state index is 13.4. The van der Waals surface area contributed by atoms with Gasteiger partial charge in [0.25, 0.3) is 0 Å². The zero-order chi connectivity index (χ0) is 19.0. The number of allylic oxidation sites excluding steroid dienone is 1. The van der Waals surface area contributed by atoms with Crippen molar-refractivity contribution in [3.8, 4) is 0 Å². The Labute approximate surface area is 163 Å². The lowest BCUT2D eigenvalue weighted by molar-refractivity contribution is -0.119. The van der Waals surface area contributed by atoms with E-state index in [1.807, 2.05) is 46.7 Å². The Balaban J connectivity index is 1.95. The van der Waals surface area contributed by atoms with Crippen LogP contribution in [0.2, 0.25) is 0 Å². The number of thiophene rings is 1. The predicted molar refractivity (Wildman–Crippen MR) is 110 cm³/mol. The van der Waals surface area contributed by atoms with Crippen molar-refractivity contribution in [2.24, 2.45) is 5.92 Å². The number of hydrogen-bond donors (Lipinski definition) is 1. The minimum absolute atomic E-state index is 0.0600. The molecule has 2 aliphatic rings. The Morgan fingerprint density at radius 3 is 2.78 bits per heavy atom. The fourth-order valence-electron chi connectivity index (χ4n) is 3.97. The van der Waals surface area contributed by atoms with Crippen LogP contribution in [0.3, 0.4) is 0 Å². The van der Waals surface area contributed by atoms with Gasteiger partial charge in [-0.05, 0) is 42.3 Å². The van der Waals surface area contributed by atoms with Gasteiger partial charge in [0.2, 0.25) is 5.91 Å². The van der Waals surface area contributed by atoms with E-state index in [0.29, 0.717) is 12.8 Å². The van der Waals surface area contributed by atoms with Gasteiger partial charge in [0.05, 0.1) is 11.4 Å². The van der Waals surface area contributed by atoms with Gasteiger partial charge in [-0.1, -0.05) is 32.0 Å². The minimum Gasteiger partial charge on any atom is -0.357 e. The molecule has 0 spiro atoms. The van der Waals surface area contributed by atoms with Gasteiger partial charge in [-0.3, -0.25) is 14.5 Å². The van der Waals surface area contributed by atoms with Crippen molar-refractivity contribution in [3.63, 3.8) is 0 Å². The first kappa shape index (κ1) is 18.0. The SMILES string of the molecule is CC(C)CC(=O)N1c2ccccc2NC2=C(C(=O)CCC2)[C@H]1c1cccs1. The molecule has 1 N–H and O–H groups in total. The summed E-state index contributed by atoms with van der Waals surface area (Å²) in [6.07, 6.45) is 2.69. The Morgan fingerprint density at radius 2 is 2.04 bits per heavy atom. The molecule has 1 aliphatic heterocycles. The Hall–Kier alpha value is -2.40. The largest absolute Gasteiger partial charge is 0.357 e. The molecule has 0 saturated carbocycles. The molecule has 2 aromatic rings. The fourth-order valence-corrected chi connectivity index (χ4v) is 4.80. The van der Waals surface area contributed by atoms with Gasteiger partial charge in [-0.2, -0.15) is 0 Å². The van der Waals surface area contributed by atoms with E-state index in [0.717, 1.165) is 40.4 Å². The summed E-state index contributed by atoms with van der Waals surface area (Å²) in [6, 6.07) is 11.6. The fraction of sp³-hybridized carbons (Fsp3) is 0.364. The van der Waals surface area contributed by atoms with Gasteiger partial charge in [0, 0.05) is 29.0 Å². The number of rotatable bonds is 3. The van der Waals surface area contributed by atoms with Crippen molar-refractivity contribution in [2.45, 2.75) is 45.6 Å². The van der Waals surface area contributed by atoms with Gasteiger partial charge in [-0.25, -0.2) is 0 Å². The minimum atomic E-state index is -0.352. The standard InChI is InChI=1S/C22H24N2O2S/c1-14(2)13-20(26)24-17-9-4-3-7-15(17)23-16-8-5-10-18(25)21(16)22(24)19-11-6-12-27-19/h3-4,6-7,9,11-12,14,22-23H,5,8,10,13H2,1-2H3/t22-/m1/s1. The number of Topliss-reactive ketones (excluding diaryl/α,β-unsaturated/α-hetero) is 1. The van der Waals surface area contributed by atoms with Gasteiger partial charge >= 0.3 is 0 Å². The molecule has 1 aliphatic carbocycles. The number of fused-ring (bicyclic) bond motifs is 1. The second-order valence-electron chi connectivity index (χ2n) is 7.59. The quantitative estimate of drug-likeness (QED) is 0.786. The highest BCUT2D eigenvalue weighted by Gasteiger charge is 2.39. The molecule has 140 valence electrons. The number of nitrogens with one attached hydrogen (secondary N) is 1. The molecule has 1 atom stereocenters. The van der Waals surface area contributed by atoms with Crippen LogP contribution < -0.4 is 10.2 Å². The molecule has 1 amide bonds. The number of hydrogen-bond acceptors (Lipinski definition) is 4. The lowest BCUT2D eigenvalue weighted by Gasteiger charge is -2.33. The summed E-state index contributed by atoms with van der Waals surface area (Å²) < 4.78 is 0. The number of amides is 1. The van der Waals surface area contributed by atoms with Crippen molar-refractivity contribution in [1.82, 2.24) is 0 Å². The predicted octanol–water partition coefficient (Wildman–Crippen LogP) is 5.30. The van der Waals surface area contributed by atoms with Crippen LogP contribution in [0.4, 0.5) is 11.4 Å². The second kappa shape index (κ2) is 7.31. The van der Waals surface area contributed by atoms with Gasteiger partial charge < -0.3 is 5.32 Å². The highest BCUT2D eigenvalue weighted by molar-refractivity contribution is 7.10. The first-order valence-corrected chi connectivity index (χ1v) is 10.4. The molecule has 1 aromatic heterocycles. The topological polar surface area (TPSA) is 49.4 Å². The van der Waals surface area contributed by atoms with E-state index in [2.05, 4.69) is 19.2 Å². The summed E-state index contributed by atoms with van der Waals surface area (Å²) in [5, 5.41) is 5.50. The molecular weight excluding hydrogens is 356 g/mol. The smallest absolute Gasteiger partial charge is 0.228 e. The average molecular weight is 381 g/mol. The summed E-state index contributed by atoms with van der Waals surface area (Å²) in [4.78, 5) is 29.3. The van der Waals surface area contributed by atoms with Crippen LogP contribution in [0.25, 0.3) is 0 Å². The van der Waals surface area contributed by atoms with E-state index in [4.69, 9.17) is 0 Å². The first-order chi connectivity index (χ1) is 13.1. The van der Waals surface area contributed by atoms with Crippen molar-refractivity contribution in [3.05, 3.63) is 57.9 Å². The van der Waals surface area contributed by atoms with Crippen LogP contribution in [0.5, 0.6) is 0 Å². The molecular formula is C22H24N2O2S. The number of ketones is 1. The average Bonchev–Trinajstić information content (AvgIpc) is 3.10. The van der Waals surface area contributed by atoms with Crippen molar-refractivity contribution >= 4 is 34.4 Å². The number of anilines is 2. The van der Waals surface area contributed by atoms with Crippen LogP contribution in [-0.2, 0) is 9.59 Å². The Morgan fingerprint density at radius 1 is 1.22 bits per heavy atom. The molecule has 4 nitrogen and oxygen atoms in total. The molecule has 1 aromatic carbocycles. The zero-order valence-electron chi connectivity index (χ0n) is 15.7. The molecule has 0 radical (unpaired) electrons. The number of nitrogens with zero attached hydrogens (tertiary/aromatic N) is 1. The molecule has 5 heteroatoms. The molecule has 2 heterocycles. The van der Waals surface area contributed by atoms with Gasteiger partial charge in [-0.15, -0.1) is 11.3 Å². The monoisotopic (exact) mass is 380 g/mol. The molecule has 0 saturated heterocycles. The number of carbonyl (C=O) groups is 2. The van der Waals surface area contributed by atoms with Crippen LogP contribution >= 0.6 is 11.3 Å². The van der Waals surface area contributed by atoms with Crippen molar-refractivity contribution < 1.29 is 9.59 Å². The lowest BCUT2D eigenvalue weighted by Crippen LogP contribution is -2.38. The summed E-state index contributed by atoms with van der Waals surface area (Å²) in [7, 11) is 0. The summed E-state index contributed by atoms with van der Waals surface area (Å²) in [5.74, 6) is 0.461. The van der Waals surface area contributed by atoms with Gasteiger partial charge in [0.15, 0.2) is 5.78 Å². The number of para-hydroxylation sites is 2. The van der Waals surface area contributed by atoms with E-state index in [1.54, 1.807) is 11.3 Å². The Bertz CT molecular complexity index is 899. The molecule has 0 unspecified atom stereocenters. The second-order valence-corrected chi connectivity index (χ2v) is 8.57. The highest BCUT2D eigenvalue weighted by atomic mass is 32.1. The molecule has 0 fully saturated rings. The van der Waals surface area contributed by atoms with Crippen LogP contribution in [-0.4, -0.2) is 11.7 Å². The van der Waals surface area contributed by atoms with Crippen LogP contribution in [0, 0.1) is 5.92 Å². The summed E-state index contributed by atoms with van der Waals surface area (Å²) in [5.41, 5.74) is 3.48. The Kier molecular flexibility index (Phi) is 4.87. The summed E-state index contributed by atoms with van der Waals surface area (Å²) in [6.45, 7) is 4.10. The number of benzene rings is 1. The first-order valence-electron chi connectivity index (χ1n) is 9.54. The molecule has 27 heavy (non-hydrogen) atoms. The van der Waals surface area contributed by atoms with Gasteiger partial charge in [0.1, 0.15) is 6.04 Å². The lowest BCUT2D eigenvalue weighted by atomic mass is 9.88. The normalized spacial score (nSPS) is 19.4. The maximum Gasteiger partial charge on any atom is 0.228 e. The third-order valence-electron chi connectivity index (χ3n) is 5.10. The molecule has 0 bridgehead atoms. The van der Waals surface area contributed by atoms with Crippen molar-refractivity contribution in [2.75, 3.05) is 10.2 Å². The van der Waals surface area contributed by atoms with E-state index >= 15 is 0 Å². The van der Waals surface area contributed by atoms with E-state index in [-0.39, 0.29) is 23.7 Å². The van der Waals surface area contributed by atoms with E-state index in [1.165, 1.54) is 0 Å². The van der Waals surface area contributed by atoms with Crippen LogP contribution in [0.15, 0.2) is 53.0 Å². The van der Waals surface area contributed by atoms with Crippen LogP contribution in [0.1, 0.15) is 50.4 Å². The maximum absolute atomic E-state index is 13.4. The third kappa shape index (κ3) is 3.32. The third-order valence-corrected chi connectivity index (χ3v) is 6.03.